The second-order valence-electron chi connectivity index (χ2n) is 5.66. The van der Waals surface area contributed by atoms with E-state index in [2.05, 4.69) is 11.8 Å². The molecular formula is C13H25NO. The summed E-state index contributed by atoms with van der Waals surface area (Å²) in [5, 5.41) is 9.45. The van der Waals surface area contributed by atoms with Crippen LogP contribution in [0.15, 0.2) is 0 Å². The van der Waals surface area contributed by atoms with Crippen LogP contribution in [-0.2, 0) is 0 Å². The predicted octanol–water partition coefficient (Wildman–Crippen LogP) is 2.27. The Bertz CT molecular complexity index is 159. The van der Waals surface area contributed by atoms with Gasteiger partial charge in [0.2, 0.25) is 0 Å². The molecule has 1 N–H and O–H groups in total. The maximum absolute atomic E-state index is 9.45. The van der Waals surface area contributed by atoms with Crippen LogP contribution in [0.4, 0.5) is 0 Å². The molecule has 88 valence electrons. The van der Waals surface area contributed by atoms with Gasteiger partial charge in [-0.05, 0) is 63.5 Å². The van der Waals surface area contributed by atoms with Crippen LogP contribution in [0, 0.1) is 11.8 Å². The van der Waals surface area contributed by atoms with Crippen LogP contribution >= 0.6 is 0 Å². The van der Waals surface area contributed by atoms with E-state index in [0.29, 0.717) is 0 Å². The molecule has 2 rings (SSSR count). The number of aliphatic hydroxyl groups excluding tert-OH is 1. The molecule has 1 aliphatic carbocycles. The zero-order valence-corrected chi connectivity index (χ0v) is 9.99. The van der Waals surface area contributed by atoms with Gasteiger partial charge in [0.05, 0.1) is 6.10 Å². The Morgan fingerprint density at radius 2 is 1.60 bits per heavy atom. The lowest BCUT2D eigenvalue weighted by Crippen LogP contribution is -2.37. The molecule has 0 bridgehead atoms. The highest BCUT2D eigenvalue weighted by atomic mass is 16.3. The Morgan fingerprint density at radius 1 is 1.00 bits per heavy atom. The fraction of sp³-hybridized carbons (Fsp3) is 1.00. The summed E-state index contributed by atoms with van der Waals surface area (Å²) in [5.74, 6) is 1.80. The highest BCUT2D eigenvalue weighted by Crippen LogP contribution is 2.26. The first-order chi connectivity index (χ1) is 7.24. The molecule has 0 radical (unpaired) electrons. The van der Waals surface area contributed by atoms with E-state index in [1.807, 2.05) is 0 Å². The number of rotatable bonds is 2. The van der Waals surface area contributed by atoms with E-state index in [4.69, 9.17) is 0 Å². The van der Waals surface area contributed by atoms with Gasteiger partial charge in [0.25, 0.3) is 0 Å². The number of likely N-dealkylation sites (tertiary alicyclic amines) is 1. The van der Waals surface area contributed by atoms with Crippen molar-refractivity contribution in [3.63, 3.8) is 0 Å². The fourth-order valence-electron chi connectivity index (χ4n) is 2.94. The SMILES string of the molecule is CC1CCN(CC2CCC(O)CC2)CC1. The molecule has 1 heterocycles. The predicted molar refractivity (Wildman–Crippen MR) is 62.8 cm³/mol. The Kier molecular flexibility index (Phi) is 4.04. The molecule has 15 heavy (non-hydrogen) atoms. The first-order valence-electron chi connectivity index (χ1n) is 6.64. The molecule has 0 unspecified atom stereocenters. The molecule has 1 saturated carbocycles. The summed E-state index contributed by atoms with van der Waals surface area (Å²) in [6.07, 6.45) is 7.33. The van der Waals surface area contributed by atoms with Crippen molar-refractivity contribution in [2.45, 2.75) is 51.6 Å². The molecule has 0 amide bonds. The summed E-state index contributed by atoms with van der Waals surface area (Å²) >= 11 is 0. The monoisotopic (exact) mass is 211 g/mol. The lowest BCUT2D eigenvalue weighted by Gasteiger charge is -2.35. The average Bonchev–Trinajstić information content (AvgIpc) is 2.25. The van der Waals surface area contributed by atoms with Crippen LogP contribution in [-0.4, -0.2) is 35.7 Å². The Balaban J connectivity index is 1.68. The summed E-state index contributed by atoms with van der Waals surface area (Å²) < 4.78 is 0. The molecule has 0 aromatic rings. The molecule has 0 aromatic heterocycles. The van der Waals surface area contributed by atoms with Crippen molar-refractivity contribution in [3.05, 3.63) is 0 Å². The largest absolute Gasteiger partial charge is 0.393 e. The zero-order valence-electron chi connectivity index (χ0n) is 9.99. The van der Waals surface area contributed by atoms with Crippen molar-refractivity contribution in [3.8, 4) is 0 Å². The smallest absolute Gasteiger partial charge is 0.0540 e. The van der Waals surface area contributed by atoms with Gasteiger partial charge >= 0.3 is 0 Å². The second-order valence-corrected chi connectivity index (χ2v) is 5.66. The minimum Gasteiger partial charge on any atom is -0.393 e. The van der Waals surface area contributed by atoms with Gasteiger partial charge in [-0.1, -0.05) is 6.92 Å². The van der Waals surface area contributed by atoms with Gasteiger partial charge in [-0.3, -0.25) is 0 Å². The van der Waals surface area contributed by atoms with Crippen molar-refractivity contribution in [1.82, 2.24) is 4.90 Å². The first-order valence-corrected chi connectivity index (χ1v) is 6.64. The van der Waals surface area contributed by atoms with E-state index in [1.165, 1.54) is 45.3 Å². The average molecular weight is 211 g/mol. The van der Waals surface area contributed by atoms with Gasteiger partial charge in [0.1, 0.15) is 0 Å². The van der Waals surface area contributed by atoms with Crippen LogP contribution in [0.1, 0.15) is 45.4 Å². The van der Waals surface area contributed by atoms with Gasteiger partial charge in [0.15, 0.2) is 0 Å². The minimum atomic E-state index is 0.00243. The summed E-state index contributed by atoms with van der Waals surface area (Å²) in [5.41, 5.74) is 0. The third-order valence-electron chi connectivity index (χ3n) is 4.21. The third-order valence-corrected chi connectivity index (χ3v) is 4.21. The van der Waals surface area contributed by atoms with E-state index in [-0.39, 0.29) is 6.10 Å². The maximum atomic E-state index is 9.45. The first kappa shape index (κ1) is 11.4. The second kappa shape index (κ2) is 5.31. The molecule has 1 saturated heterocycles. The van der Waals surface area contributed by atoms with E-state index in [9.17, 15) is 5.11 Å². The van der Waals surface area contributed by atoms with Crippen LogP contribution in [0.2, 0.25) is 0 Å². The third kappa shape index (κ3) is 3.46. The standard InChI is InChI=1S/C13H25NO/c1-11-6-8-14(9-7-11)10-12-2-4-13(15)5-3-12/h11-13,15H,2-10H2,1H3. The number of piperidine rings is 1. The fourth-order valence-corrected chi connectivity index (χ4v) is 2.94. The van der Waals surface area contributed by atoms with Gasteiger partial charge < -0.3 is 10.0 Å². The molecule has 0 atom stereocenters. The van der Waals surface area contributed by atoms with Crippen LogP contribution < -0.4 is 0 Å². The number of nitrogens with zero attached hydrogens (tertiary/aromatic N) is 1. The van der Waals surface area contributed by atoms with E-state index in [1.54, 1.807) is 0 Å². The molecular weight excluding hydrogens is 186 g/mol. The lowest BCUT2D eigenvalue weighted by molar-refractivity contribution is 0.0859. The Morgan fingerprint density at radius 3 is 2.20 bits per heavy atom. The van der Waals surface area contributed by atoms with Crippen molar-refractivity contribution < 1.29 is 5.11 Å². The molecule has 2 fully saturated rings. The van der Waals surface area contributed by atoms with Crippen molar-refractivity contribution in [2.24, 2.45) is 11.8 Å². The summed E-state index contributed by atoms with van der Waals surface area (Å²) in [7, 11) is 0. The normalized spacial score (nSPS) is 35.6. The summed E-state index contributed by atoms with van der Waals surface area (Å²) in [6, 6.07) is 0. The maximum Gasteiger partial charge on any atom is 0.0540 e. The number of hydrogen-bond acceptors (Lipinski definition) is 2. The van der Waals surface area contributed by atoms with Crippen molar-refractivity contribution in [2.75, 3.05) is 19.6 Å². The molecule has 2 aliphatic rings. The highest BCUT2D eigenvalue weighted by Gasteiger charge is 2.23. The Hall–Kier alpha value is -0.0800. The summed E-state index contributed by atoms with van der Waals surface area (Å²) in [4.78, 5) is 2.64. The topological polar surface area (TPSA) is 23.5 Å². The van der Waals surface area contributed by atoms with Gasteiger partial charge in [-0.15, -0.1) is 0 Å². The number of hydrogen-bond donors (Lipinski definition) is 1. The molecule has 1 aliphatic heterocycles. The number of aliphatic hydroxyl groups is 1. The molecule has 0 aromatic carbocycles. The van der Waals surface area contributed by atoms with Crippen LogP contribution in [0.3, 0.4) is 0 Å². The lowest BCUT2D eigenvalue weighted by atomic mass is 9.86. The van der Waals surface area contributed by atoms with Crippen molar-refractivity contribution in [1.29, 1.82) is 0 Å². The van der Waals surface area contributed by atoms with Crippen molar-refractivity contribution >= 4 is 0 Å². The van der Waals surface area contributed by atoms with E-state index in [0.717, 1.165) is 24.7 Å². The van der Waals surface area contributed by atoms with Gasteiger partial charge in [-0.25, -0.2) is 0 Å². The minimum absolute atomic E-state index is 0.00243. The van der Waals surface area contributed by atoms with Crippen LogP contribution in [0.5, 0.6) is 0 Å². The highest BCUT2D eigenvalue weighted by molar-refractivity contribution is 4.77. The molecule has 2 heteroatoms. The molecule has 0 spiro atoms. The Labute approximate surface area is 93.7 Å². The van der Waals surface area contributed by atoms with Gasteiger partial charge in [0, 0.05) is 6.54 Å². The van der Waals surface area contributed by atoms with Crippen LogP contribution in [0.25, 0.3) is 0 Å². The van der Waals surface area contributed by atoms with E-state index >= 15 is 0 Å². The zero-order chi connectivity index (χ0) is 10.7. The molecule has 2 nitrogen and oxygen atoms in total. The van der Waals surface area contributed by atoms with E-state index < -0.39 is 0 Å². The van der Waals surface area contributed by atoms with Gasteiger partial charge in [-0.2, -0.15) is 0 Å². The summed E-state index contributed by atoms with van der Waals surface area (Å²) in [6.45, 7) is 6.27. The quantitative estimate of drug-likeness (QED) is 0.757.